The molecule has 0 aliphatic carbocycles. The van der Waals surface area contributed by atoms with Crippen molar-refractivity contribution >= 4 is 66.3 Å². The molecule has 0 spiro atoms. The van der Waals surface area contributed by atoms with Gasteiger partial charge in [0.15, 0.2) is 0 Å². The quantitative estimate of drug-likeness (QED) is 0.307. The first-order valence-electron chi connectivity index (χ1n) is 6.26. The normalized spacial score (nSPS) is 17.0. The van der Waals surface area contributed by atoms with Gasteiger partial charge >= 0.3 is 10.1 Å². The Morgan fingerprint density at radius 2 is 2.17 bits per heavy atom. The van der Waals surface area contributed by atoms with Crippen molar-refractivity contribution in [1.82, 2.24) is 4.90 Å². The molecule has 122 valence electrons. The van der Waals surface area contributed by atoms with Crippen LogP contribution < -0.4 is 4.18 Å². The minimum Gasteiger partial charge on any atom is -0.382 e. The summed E-state index contributed by atoms with van der Waals surface area (Å²) in [7, 11) is -3.68. The highest BCUT2D eigenvalue weighted by Gasteiger charge is 2.31. The molecule has 1 aromatic carbocycles. The van der Waals surface area contributed by atoms with E-state index >= 15 is 0 Å². The third-order valence-electron chi connectivity index (χ3n) is 2.68. The largest absolute Gasteiger partial charge is 0.382 e. The smallest absolute Gasteiger partial charge is 0.306 e. The molecule has 1 amide bonds. The summed E-state index contributed by atoms with van der Waals surface area (Å²) in [5.41, 5.74) is 0.462. The summed E-state index contributed by atoms with van der Waals surface area (Å²) in [4.78, 5) is 14.1. The molecule has 0 atom stereocenters. The van der Waals surface area contributed by atoms with Gasteiger partial charge < -0.3 is 4.18 Å². The zero-order valence-corrected chi connectivity index (χ0v) is 16.0. The van der Waals surface area contributed by atoms with E-state index in [1.54, 1.807) is 24.3 Å². The second kappa shape index (κ2) is 7.16. The summed E-state index contributed by atoms with van der Waals surface area (Å²) in [5.74, 6) is -0.102. The zero-order valence-electron chi connectivity index (χ0n) is 12.0. The Kier molecular flexibility index (Phi) is 5.66. The Hall–Kier alpha value is -1.16. The molecule has 0 unspecified atom stereocenters. The van der Waals surface area contributed by atoms with Gasteiger partial charge in [-0.3, -0.25) is 9.69 Å². The van der Waals surface area contributed by atoms with Crippen molar-refractivity contribution in [1.29, 1.82) is 0 Å². The van der Waals surface area contributed by atoms with Gasteiger partial charge in [0.25, 0.3) is 5.91 Å². The maximum Gasteiger partial charge on any atom is 0.306 e. The summed E-state index contributed by atoms with van der Waals surface area (Å²) in [5, 5.41) is 0. The van der Waals surface area contributed by atoms with Crippen molar-refractivity contribution in [2.45, 2.75) is 0 Å². The van der Waals surface area contributed by atoms with Crippen LogP contribution in [0.3, 0.4) is 0 Å². The van der Waals surface area contributed by atoms with Crippen LogP contribution in [0.1, 0.15) is 5.56 Å². The van der Waals surface area contributed by atoms with Crippen LogP contribution in [0.4, 0.5) is 0 Å². The number of rotatable bonds is 5. The zero-order chi connectivity index (χ0) is 17.2. The van der Waals surface area contributed by atoms with E-state index in [-0.39, 0.29) is 11.7 Å². The number of nitrogens with zero attached hydrogens (tertiary/aromatic N) is 1. The van der Waals surface area contributed by atoms with Gasteiger partial charge in [-0.1, -0.05) is 46.0 Å². The first-order valence-corrected chi connectivity index (χ1v) is 10.1. The first kappa shape index (κ1) is 18.2. The molecule has 1 aromatic rings. The van der Waals surface area contributed by atoms with Crippen LogP contribution in [0.25, 0.3) is 6.08 Å². The number of halogens is 1. The third kappa shape index (κ3) is 4.66. The number of carbonyl (C=O) groups is 1. The molecule has 1 heterocycles. The van der Waals surface area contributed by atoms with Crippen LogP contribution in [-0.4, -0.2) is 36.3 Å². The van der Waals surface area contributed by atoms with Crippen LogP contribution in [0.15, 0.2) is 40.2 Å². The number of thiocarbonyl (C=S) groups is 1. The average Bonchev–Trinajstić information content (AvgIpc) is 2.69. The third-order valence-corrected chi connectivity index (χ3v) is 5.04. The number of hydrogen-bond acceptors (Lipinski definition) is 6. The van der Waals surface area contributed by atoms with E-state index in [4.69, 9.17) is 16.4 Å². The molecular weight excluding hydrogens is 422 g/mol. The highest BCUT2D eigenvalue weighted by molar-refractivity contribution is 9.10. The van der Waals surface area contributed by atoms with E-state index in [0.29, 0.717) is 21.3 Å². The molecule has 2 rings (SSSR count). The van der Waals surface area contributed by atoms with Crippen LogP contribution in [0, 0.1) is 0 Å². The molecule has 0 bridgehead atoms. The fraction of sp³-hybridized carbons (Fsp3) is 0.143. The number of benzene rings is 1. The van der Waals surface area contributed by atoms with Gasteiger partial charge in [-0.25, -0.2) is 0 Å². The fourth-order valence-corrected chi connectivity index (χ4v) is 3.92. The Morgan fingerprint density at radius 3 is 2.78 bits per heavy atom. The standard InChI is InChI=1S/C14H12BrNO4S3/c1-3-6-16-13(17)12(22-14(16)21)8-9-7-10(15)4-5-11(9)20-23(2,18)19/h3-5,7-8H,1,6H2,2H3. The highest BCUT2D eigenvalue weighted by Crippen LogP contribution is 2.35. The Bertz CT molecular complexity index is 817. The van der Waals surface area contributed by atoms with Gasteiger partial charge in [-0.05, 0) is 24.3 Å². The molecule has 23 heavy (non-hydrogen) atoms. The van der Waals surface area contributed by atoms with Gasteiger partial charge in [0, 0.05) is 16.6 Å². The van der Waals surface area contributed by atoms with Crippen molar-refractivity contribution in [3.8, 4) is 5.75 Å². The second-order valence-electron chi connectivity index (χ2n) is 4.55. The van der Waals surface area contributed by atoms with Crippen molar-refractivity contribution < 1.29 is 17.4 Å². The van der Waals surface area contributed by atoms with Crippen LogP contribution in [0.2, 0.25) is 0 Å². The molecule has 1 saturated heterocycles. The number of amides is 1. The maximum atomic E-state index is 12.3. The Balaban J connectivity index is 2.43. The van der Waals surface area contributed by atoms with E-state index in [0.717, 1.165) is 22.5 Å². The molecule has 0 N–H and O–H groups in total. The van der Waals surface area contributed by atoms with E-state index in [2.05, 4.69) is 22.5 Å². The van der Waals surface area contributed by atoms with Crippen LogP contribution in [0.5, 0.6) is 5.75 Å². The van der Waals surface area contributed by atoms with Crippen molar-refractivity contribution in [3.05, 3.63) is 45.8 Å². The number of carbonyl (C=O) groups excluding carboxylic acids is 1. The average molecular weight is 434 g/mol. The molecule has 9 heteroatoms. The van der Waals surface area contributed by atoms with Gasteiger partial charge in [0.2, 0.25) is 0 Å². The first-order chi connectivity index (χ1) is 10.7. The minimum atomic E-state index is -3.68. The lowest BCUT2D eigenvalue weighted by Crippen LogP contribution is -2.27. The molecule has 1 fully saturated rings. The molecule has 0 aromatic heterocycles. The molecule has 0 radical (unpaired) electrons. The monoisotopic (exact) mass is 433 g/mol. The summed E-state index contributed by atoms with van der Waals surface area (Å²) < 4.78 is 28.8. The molecular formula is C14H12BrNO4S3. The maximum absolute atomic E-state index is 12.3. The van der Waals surface area contributed by atoms with Gasteiger partial charge in [-0.2, -0.15) is 8.42 Å². The summed E-state index contributed by atoms with van der Waals surface area (Å²) in [6, 6.07) is 4.84. The molecule has 1 aliphatic heterocycles. The SMILES string of the molecule is C=CCN1C(=O)C(=Cc2cc(Br)ccc2OS(C)(=O)=O)SC1=S. The van der Waals surface area contributed by atoms with E-state index in [9.17, 15) is 13.2 Å². The lowest BCUT2D eigenvalue weighted by Gasteiger charge is -2.10. The van der Waals surface area contributed by atoms with E-state index in [1.165, 1.54) is 11.0 Å². The second-order valence-corrected chi connectivity index (χ2v) is 8.72. The lowest BCUT2D eigenvalue weighted by molar-refractivity contribution is -0.121. The Labute approximate surface area is 152 Å². The van der Waals surface area contributed by atoms with Gasteiger partial charge in [0.05, 0.1) is 11.2 Å². The summed E-state index contributed by atoms with van der Waals surface area (Å²) in [6.07, 6.45) is 4.11. The van der Waals surface area contributed by atoms with Crippen molar-refractivity contribution in [3.63, 3.8) is 0 Å². The molecule has 5 nitrogen and oxygen atoms in total. The predicted molar refractivity (Wildman–Crippen MR) is 99.7 cm³/mol. The van der Waals surface area contributed by atoms with Crippen LogP contribution >= 0.6 is 39.9 Å². The van der Waals surface area contributed by atoms with E-state index in [1.807, 2.05) is 0 Å². The fourth-order valence-electron chi connectivity index (χ4n) is 1.80. The molecule has 1 aliphatic rings. The van der Waals surface area contributed by atoms with E-state index < -0.39 is 10.1 Å². The predicted octanol–water partition coefficient (Wildman–Crippen LogP) is 3.17. The molecule has 0 saturated carbocycles. The van der Waals surface area contributed by atoms with Crippen molar-refractivity contribution in [2.75, 3.05) is 12.8 Å². The topological polar surface area (TPSA) is 63.7 Å². The highest BCUT2D eigenvalue weighted by atomic mass is 79.9. The van der Waals surface area contributed by atoms with Gasteiger partial charge in [-0.15, -0.1) is 6.58 Å². The van der Waals surface area contributed by atoms with Gasteiger partial charge in [0.1, 0.15) is 10.1 Å². The van der Waals surface area contributed by atoms with Crippen molar-refractivity contribution in [2.24, 2.45) is 0 Å². The minimum absolute atomic E-state index is 0.143. The number of thioether (sulfide) groups is 1. The van der Waals surface area contributed by atoms with Crippen LogP contribution in [-0.2, 0) is 14.9 Å². The Morgan fingerprint density at radius 1 is 1.48 bits per heavy atom. The summed E-state index contributed by atoms with van der Waals surface area (Å²) >= 11 is 9.63. The lowest BCUT2D eigenvalue weighted by atomic mass is 10.2. The number of hydrogen-bond donors (Lipinski definition) is 0. The summed E-state index contributed by atoms with van der Waals surface area (Å²) in [6.45, 7) is 3.92.